The quantitative estimate of drug-likeness (QED) is 0.876. The van der Waals surface area contributed by atoms with E-state index >= 15 is 0 Å². The lowest BCUT2D eigenvalue weighted by molar-refractivity contribution is 0.0172. The first-order valence-electron chi connectivity index (χ1n) is 5.41. The second kappa shape index (κ2) is 4.84. The number of benzene rings is 2. The summed E-state index contributed by atoms with van der Waals surface area (Å²) in [4.78, 5) is 0. The van der Waals surface area contributed by atoms with E-state index in [2.05, 4.69) is 0 Å². The van der Waals surface area contributed by atoms with Crippen LogP contribution >= 0.6 is 0 Å². The third-order valence-corrected chi connectivity index (χ3v) is 2.87. The molecule has 0 aliphatic rings. The second-order valence-electron chi connectivity index (χ2n) is 4.03. The van der Waals surface area contributed by atoms with Gasteiger partial charge in [0.1, 0.15) is 17.2 Å². The van der Waals surface area contributed by atoms with Crippen molar-refractivity contribution in [2.45, 2.75) is 5.60 Å². The van der Waals surface area contributed by atoms with Crippen molar-refractivity contribution >= 4 is 0 Å². The summed E-state index contributed by atoms with van der Waals surface area (Å²) in [5.74, 6) is -0.865. The van der Waals surface area contributed by atoms with Crippen molar-refractivity contribution in [3.63, 3.8) is 0 Å². The van der Waals surface area contributed by atoms with Crippen molar-refractivity contribution in [2.24, 2.45) is 0 Å². The molecule has 2 aromatic carbocycles. The topological polar surface area (TPSA) is 40.5 Å². The van der Waals surface area contributed by atoms with Crippen LogP contribution in [0, 0.1) is 11.6 Å². The van der Waals surface area contributed by atoms with E-state index in [0.717, 1.165) is 0 Å². The normalized spacial score (nSPS) is 11.6. The molecule has 0 radical (unpaired) electrons. The van der Waals surface area contributed by atoms with Crippen LogP contribution in [0.5, 0.6) is 0 Å². The predicted molar refractivity (Wildman–Crippen MR) is 62.9 cm³/mol. The molecule has 0 saturated heterocycles. The highest BCUT2D eigenvalue weighted by Crippen LogP contribution is 2.29. The minimum atomic E-state index is -1.67. The Labute approximate surface area is 103 Å². The van der Waals surface area contributed by atoms with Gasteiger partial charge in [-0.25, -0.2) is 8.78 Å². The average Bonchev–Trinajstić information content (AvgIpc) is 2.39. The molecule has 2 rings (SSSR count). The molecule has 0 aliphatic carbocycles. The zero-order valence-corrected chi connectivity index (χ0v) is 9.48. The Morgan fingerprint density at radius 2 is 1.11 bits per heavy atom. The van der Waals surface area contributed by atoms with E-state index in [1.54, 1.807) is 0 Å². The average molecular weight is 250 g/mol. The molecule has 94 valence electrons. The molecule has 0 amide bonds. The standard InChI is InChI=1S/C14H12F2O2/c15-12-5-1-10(2-6-12)14(18,9-17)11-3-7-13(16)8-4-11/h1-8,17-18H,9H2. The Morgan fingerprint density at radius 1 is 0.778 bits per heavy atom. The fourth-order valence-electron chi connectivity index (χ4n) is 1.80. The monoisotopic (exact) mass is 250 g/mol. The maximum absolute atomic E-state index is 12.8. The Hall–Kier alpha value is -1.78. The van der Waals surface area contributed by atoms with Crippen LogP contribution in [0.4, 0.5) is 8.78 Å². The van der Waals surface area contributed by atoms with Crippen molar-refractivity contribution in [2.75, 3.05) is 6.61 Å². The summed E-state index contributed by atoms with van der Waals surface area (Å²) in [5, 5.41) is 19.8. The third-order valence-electron chi connectivity index (χ3n) is 2.87. The summed E-state index contributed by atoms with van der Waals surface area (Å²) >= 11 is 0. The Balaban J connectivity index is 2.47. The molecule has 0 fully saturated rings. The molecule has 18 heavy (non-hydrogen) atoms. The van der Waals surface area contributed by atoms with Gasteiger partial charge >= 0.3 is 0 Å². The molecule has 0 bridgehead atoms. The minimum Gasteiger partial charge on any atom is -0.393 e. The highest BCUT2D eigenvalue weighted by Gasteiger charge is 2.30. The van der Waals surface area contributed by atoms with Crippen LogP contribution in [0.3, 0.4) is 0 Å². The molecule has 2 N–H and O–H groups in total. The van der Waals surface area contributed by atoms with Gasteiger partial charge in [-0.05, 0) is 35.4 Å². The van der Waals surface area contributed by atoms with Crippen molar-refractivity contribution in [3.05, 3.63) is 71.3 Å². The molecule has 0 heterocycles. The number of rotatable bonds is 3. The predicted octanol–water partition coefficient (Wildman–Crippen LogP) is 2.19. The van der Waals surface area contributed by atoms with Gasteiger partial charge in [-0.1, -0.05) is 24.3 Å². The Morgan fingerprint density at radius 3 is 1.39 bits per heavy atom. The number of hydrogen-bond acceptors (Lipinski definition) is 2. The molecule has 4 heteroatoms. The molecule has 0 aromatic heterocycles. The zero-order chi connectivity index (χ0) is 13.2. The van der Waals surface area contributed by atoms with Gasteiger partial charge in [-0.3, -0.25) is 0 Å². The van der Waals surface area contributed by atoms with Gasteiger partial charge in [-0.15, -0.1) is 0 Å². The van der Waals surface area contributed by atoms with E-state index in [4.69, 9.17) is 0 Å². The lowest BCUT2D eigenvalue weighted by Crippen LogP contribution is -2.31. The van der Waals surface area contributed by atoms with E-state index < -0.39 is 23.8 Å². The van der Waals surface area contributed by atoms with Crippen molar-refractivity contribution in [1.82, 2.24) is 0 Å². The van der Waals surface area contributed by atoms with E-state index in [1.165, 1.54) is 48.5 Å². The van der Waals surface area contributed by atoms with Gasteiger partial charge in [0.15, 0.2) is 0 Å². The summed E-state index contributed by atoms with van der Waals surface area (Å²) in [6.07, 6.45) is 0. The van der Waals surface area contributed by atoms with Gasteiger partial charge in [0.25, 0.3) is 0 Å². The summed E-state index contributed by atoms with van der Waals surface area (Å²) < 4.78 is 25.7. The van der Waals surface area contributed by atoms with E-state index in [0.29, 0.717) is 11.1 Å². The molecule has 0 atom stereocenters. The SMILES string of the molecule is OCC(O)(c1ccc(F)cc1)c1ccc(F)cc1. The lowest BCUT2D eigenvalue weighted by atomic mass is 9.87. The van der Waals surface area contributed by atoms with Gasteiger partial charge in [0.05, 0.1) is 6.61 Å². The molecule has 0 unspecified atom stereocenters. The molecule has 0 spiro atoms. The van der Waals surface area contributed by atoms with Crippen LogP contribution in [-0.2, 0) is 5.60 Å². The highest BCUT2D eigenvalue weighted by atomic mass is 19.1. The molecular formula is C14H12F2O2. The van der Waals surface area contributed by atoms with E-state index in [9.17, 15) is 19.0 Å². The van der Waals surface area contributed by atoms with Gasteiger partial charge in [0, 0.05) is 0 Å². The summed E-state index contributed by atoms with van der Waals surface area (Å²) in [6, 6.07) is 10.3. The number of halogens is 2. The first kappa shape index (κ1) is 12.7. The maximum atomic E-state index is 12.8. The summed E-state index contributed by atoms with van der Waals surface area (Å²) in [6.45, 7) is -0.579. The molecule has 0 aliphatic heterocycles. The van der Waals surface area contributed by atoms with E-state index in [-0.39, 0.29) is 0 Å². The highest BCUT2D eigenvalue weighted by molar-refractivity contribution is 5.36. The van der Waals surface area contributed by atoms with Crippen LogP contribution in [0.1, 0.15) is 11.1 Å². The lowest BCUT2D eigenvalue weighted by Gasteiger charge is -2.27. The van der Waals surface area contributed by atoms with Crippen LogP contribution in [0.2, 0.25) is 0 Å². The van der Waals surface area contributed by atoms with Gasteiger partial charge in [-0.2, -0.15) is 0 Å². The van der Waals surface area contributed by atoms with Gasteiger partial charge < -0.3 is 10.2 Å². The number of aliphatic hydroxyl groups is 2. The molecule has 0 saturated carbocycles. The smallest absolute Gasteiger partial charge is 0.138 e. The maximum Gasteiger partial charge on any atom is 0.138 e. The Kier molecular flexibility index (Phi) is 3.41. The fraction of sp³-hybridized carbons (Fsp3) is 0.143. The van der Waals surface area contributed by atoms with Crippen molar-refractivity contribution in [1.29, 1.82) is 0 Å². The van der Waals surface area contributed by atoms with Crippen molar-refractivity contribution in [3.8, 4) is 0 Å². The van der Waals surface area contributed by atoms with Crippen LogP contribution in [-0.4, -0.2) is 16.8 Å². The molecule has 2 aromatic rings. The van der Waals surface area contributed by atoms with Crippen molar-refractivity contribution < 1.29 is 19.0 Å². The molecular weight excluding hydrogens is 238 g/mol. The van der Waals surface area contributed by atoms with E-state index in [1.807, 2.05) is 0 Å². The number of aliphatic hydroxyl groups excluding tert-OH is 1. The fourth-order valence-corrected chi connectivity index (χ4v) is 1.80. The van der Waals surface area contributed by atoms with Crippen LogP contribution in [0.25, 0.3) is 0 Å². The van der Waals surface area contributed by atoms with Crippen LogP contribution in [0.15, 0.2) is 48.5 Å². The first-order valence-corrected chi connectivity index (χ1v) is 5.41. The van der Waals surface area contributed by atoms with Crippen LogP contribution < -0.4 is 0 Å². The zero-order valence-electron chi connectivity index (χ0n) is 9.48. The number of hydrogen-bond donors (Lipinski definition) is 2. The summed E-state index contributed by atoms with van der Waals surface area (Å²) in [7, 11) is 0. The molecule has 2 nitrogen and oxygen atoms in total. The minimum absolute atomic E-state index is 0.345. The first-order chi connectivity index (χ1) is 8.56. The summed E-state index contributed by atoms with van der Waals surface area (Å²) in [5.41, 5.74) is -0.975. The second-order valence-corrected chi connectivity index (χ2v) is 4.03. The Bertz CT molecular complexity index is 475. The largest absolute Gasteiger partial charge is 0.393 e. The third kappa shape index (κ3) is 2.25. The van der Waals surface area contributed by atoms with Gasteiger partial charge in [0.2, 0.25) is 0 Å².